The zero-order valence-electron chi connectivity index (χ0n) is 11.4. The number of para-hydroxylation sites is 1. The van der Waals surface area contributed by atoms with Gasteiger partial charge in [-0.2, -0.15) is 8.42 Å². The quantitative estimate of drug-likeness (QED) is 0.936. The summed E-state index contributed by atoms with van der Waals surface area (Å²) in [5.74, 6) is 0.786. The number of rotatable bonds is 3. The Kier molecular flexibility index (Phi) is 3.34. The Labute approximate surface area is 123 Å². The Balaban J connectivity index is 1.93. The van der Waals surface area contributed by atoms with Crippen LogP contribution in [0.15, 0.2) is 51.9 Å². The van der Waals surface area contributed by atoms with Crippen LogP contribution in [0.2, 0.25) is 0 Å². The average Bonchev–Trinajstić information content (AvgIpc) is 2.51. The molecule has 0 fully saturated rings. The summed E-state index contributed by atoms with van der Waals surface area (Å²) in [6, 6.07) is 10.7. The molecule has 1 aliphatic rings. The highest BCUT2D eigenvalue weighted by Gasteiger charge is 2.24. The van der Waals surface area contributed by atoms with E-state index in [9.17, 15) is 8.42 Å². The van der Waals surface area contributed by atoms with Crippen LogP contribution >= 0.6 is 0 Å². The summed E-state index contributed by atoms with van der Waals surface area (Å²) < 4.78 is 27.5. The Hall–Kier alpha value is -2.41. The zero-order valence-corrected chi connectivity index (χ0v) is 12.2. The van der Waals surface area contributed by atoms with Crippen LogP contribution in [-0.4, -0.2) is 26.8 Å². The van der Waals surface area contributed by atoms with Crippen molar-refractivity contribution in [2.75, 3.05) is 17.3 Å². The summed E-state index contributed by atoms with van der Waals surface area (Å²) in [6.45, 7) is 0.507. The second kappa shape index (κ2) is 5.17. The number of benzene rings is 1. The van der Waals surface area contributed by atoms with Gasteiger partial charge in [0.2, 0.25) is 0 Å². The molecule has 0 amide bonds. The first kappa shape index (κ1) is 13.6. The lowest BCUT2D eigenvalue weighted by Gasteiger charge is -2.24. The van der Waals surface area contributed by atoms with Crippen LogP contribution < -0.4 is 10.2 Å². The number of aromatic nitrogens is 1. The minimum Gasteiger partial charge on any atom is -0.373 e. The van der Waals surface area contributed by atoms with Gasteiger partial charge in [0, 0.05) is 13.2 Å². The van der Waals surface area contributed by atoms with Crippen LogP contribution in [0.25, 0.3) is 0 Å². The van der Waals surface area contributed by atoms with E-state index in [1.54, 1.807) is 36.3 Å². The van der Waals surface area contributed by atoms with Crippen LogP contribution in [0.1, 0.15) is 5.56 Å². The molecule has 21 heavy (non-hydrogen) atoms. The molecule has 1 aromatic carbocycles. The summed E-state index contributed by atoms with van der Waals surface area (Å²) in [6.07, 6.45) is 3.11. The maximum Gasteiger partial charge on any atom is 0.285 e. The number of hydrogen-bond acceptors (Lipinski definition) is 5. The first-order valence-corrected chi connectivity index (χ1v) is 7.83. The molecule has 1 aromatic heterocycles. The monoisotopic (exact) mass is 302 g/mol. The highest BCUT2D eigenvalue weighted by atomic mass is 32.2. The average molecular weight is 302 g/mol. The predicted octanol–water partition coefficient (Wildman–Crippen LogP) is 1.86. The summed E-state index contributed by atoms with van der Waals surface area (Å²) in [4.78, 5) is 6.27. The van der Waals surface area contributed by atoms with E-state index in [2.05, 4.69) is 14.7 Å². The number of sulfonamides is 1. The molecule has 0 saturated carbocycles. The Morgan fingerprint density at radius 2 is 2.00 bits per heavy atom. The lowest BCUT2D eigenvalue weighted by molar-refractivity contribution is 0.597. The van der Waals surface area contributed by atoms with Gasteiger partial charge in [0.1, 0.15) is 17.1 Å². The minimum atomic E-state index is -3.58. The van der Waals surface area contributed by atoms with Crippen molar-refractivity contribution in [3.63, 3.8) is 0 Å². The Morgan fingerprint density at radius 1 is 1.19 bits per heavy atom. The van der Waals surface area contributed by atoms with E-state index < -0.39 is 10.0 Å². The van der Waals surface area contributed by atoms with E-state index in [4.69, 9.17) is 0 Å². The van der Waals surface area contributed by atoms with E-state index in [0.29, 0.717) is 12.2 Å². The third-order valence-corrected chi connectivity index (χ3v) is 4.48. The Bertz CT molecular complexity index is 785. The molecule has 7 heteroatoms. The molecule has 1 N–H and O–H groups in total. The topological polar surface area (TPSA) is 74.7 Å². The molecule has 0 bridgehead atoms. The van der Waals surface area contributed by atoms with Gasteiger partial charge in [0.05, 0.1) is 12.2 Å². The van der Waals surface area contributed by atoms with Gasteiger partial charge < -0.3 is 10.2 Å². The molecule has 1 aliphatic heterocycles. The summed E-state index contributed by atoms with van der Waals surface area (Å²) in [7, 11) is -1.77. The van der Waals surface area contributed by atoms with Crippen molar-refractivity contribution in [1.29, 1.82) is 0 Å². The molecule has 0 saturated heterocycles. The standard InChI is InChI=1S/C14H14N4O2S/c1-15-14-7-6-11(8-16-14)9-18-10-17-21(19,20)13-5-3-2-4-12(13)18/h2-8,10H,9H2,1H3,(H,15,16). The molecule has 6 nitrogen and oxygen atoms in total. The first-order chi connectivity index (χ1) is 10.1. The molecular formula is C14H14N4O2S. The van der Waals surface area contributed by atoms with Gasteiger partial charge in [0.25, 0.3) is 10.0 Å². The van der Waals surface area contributed by atoms with Crippen molar-refractivity contribution in [1.82, 2.24) is 4.98 Å². The second-order valence-corrected chi connectivity index (χ2v) is 6.19. The summed E-state index contributed by atoms with van der Waals surface area (Å²) in [5.41, 5.74) is 1.60. The predicted molar refractivity (Wildman–Crippen MR) is 82.1 cm³/mol. The van der Waals surface area contributed by atoms with Crippen LogP contribution in [0.3, 0.4) is 0 Å². The van der Waals surface area contributed by atoms with Gasteiger partial charge in [-0.15, -0.1) is 4.40 Å². The molecular weight excluding hydrogens is 288 g/mol. The molecule has 3 rings (SSSR count). The molecule has 2 heterocycles. The minimum absolute atomic E-state index is 0.229. The fourth-order valence-corrected chi connectivity index (χ4v) is 3.19. The summed E-state index contributed by atoms with van der Waals surface area (Å²) in [5, 5.41) is 2.95. The van der Waals surface area contributed by atoms with E-state index >= 15 is 0 Å². The van der Waals surface area contributed by atoms with Crippen LogP contribution in [0.5, 0.6) is 0 Å². The van der Waals surface area contributed by atoms with Gasteiger partial charge >= 0.3 is 0 Å². The lowest BCUT2D eigenvalue weighted by Crippen LogP contribution is -2.26. The molecule has 0 spiro atoms. The fourth-order valence-electron chi connectivity index (χ4n) is 2.14. The number of fused-ring (bicyclic) bond motifs is 1. The summed E-state index contributed by atoms with van der Waals surface area (Å²) >= 11 is 0. The SMILES string of the molecule is CNc1ccc(CN2C=NS(=O)(=O)c3ccccc32)cn1. The molecule has 2 aromatic rings. The Morgan fingerprint density at radius 3 is 2.71 bits per heavy atom. The van der Waals surface area contributed by atoms with Gasteiger partial charge in [0.15, 0.2) is 0 Å². The zero-order chi connectivity index (χ0) is 14.9. The van der Waals surface area contributed by atoms with Gasteiger partial charge in [-0.3, -0.25) is 0 Å². The second-order valence-electron chi connectivity index (χ2n) is 4.59. The normalized spacial score (nSPS) is 15.6. The van der Waals surface area contributed by atoms with Crippen LogP contribution in [0.4, 0.5) is 11.5 Å². The van der Waals surface area contributed by atoms with Gasteiger partial charge in [-0.1, -0.05) is 18.2 Å². The number of nitrogens with one attached hydrogen (secondary N) is 1. The third kappa shape index (κ3) is 2.59. The van der Waals surface area contributed by atoms with Crippen LogP contribution in [-0.2, 0) is 16.6 Å². The van der Waals surface area contributed by atoms with E-state index in [1.165, 1.54) is 6.34 Å². The number of anilines is 2. The molecule has 108 valence electrons. The van der Waals surface area contributed by atoms with Crippen molar-refractivity contribution in [2.45, 2.75) is 11.4 Å². The van der Waals surface area contributed by atoms with Crippen molar-refractivity contribution in [3.05, 3.63) is 48.2 Å². The van der Waals surface area contributed by atoms with Crippen molar-refractivity contribution in [2.24, 2.45) is 4.40 Å². The smallest absolute Gasteiger partial charge is 0.285 e. The van der Waals surface area contributed by atoms with Gasteiger partial charge in [-0.05, 0) is 23.8 Å². The maximum absolute atomic E-state index is 11.9. The number of pyridine rings is 1. The van der Waals surface area contributed by atoms with Crippen LogP contribution in [0, 0.1) is 0 Å². The molecule has 0 unspecified atom stereocenters. The number of nitrogens with zero attached hydrogens (tertiary/aromatic N) is 3. The van der Waals surface area contributed by atoms with Crippen molar-refractivity contribution < 1.29 is 8.42 Å². The molecule has 0 radical (unpaired) electrons. The van der Waals surface area contributed by atoms with Crippen molar-refractivity contribution >= 4 is 27.9 Å². The fraction of sp³-hybridized carbons (Fsp3) is 0.143. The number of hydrogen-bond donors (Lipinski definition) is 1. The highest BCUT2D eigenvalue weighted by molar-refractivity contribution is 7.90. The highest BCUT2D eigenvalue weighted by Crippen LogP contribution is 2.30. The molecule has 0 atom stereocenters. The molecule has 0 aliphatic carbocycles. The lowest BCUT2D eigenvalue weighted by atomic mass is 10.2. The van der Waals surface area contributed by atoms with E-state index in [-0.39, 0.29) is 4.90 Å². The van der Waals surface area contributed by atoms with Gasteiger partial charge in [-0.25, -0.2) is 4.98 Å². The van der Waals surface area contributed by atoms with E-state index in [1.807, 2.05) is 18.2 Å². The maximum atomic E-state index is 11.9. The largest absolute Gasteiger partial charge is 0.373 e. The first-order valence-electron chi connectivity index (χ1n) is 6.39. The van der Waals surface area contributed by atoms with Crippen molar-refractivity contribution in [3.8, 4) is 0 Å². The third-order valence-electron chi connectivity index (χ3n) is 3.21. The van der Waals surface area contributed by atoms with E-state index in [0.717, 1.165) is 11.4 Å².